The standard InChI is InChI=1S/C19H15Cl2N3O2/c1-26-16-8-3-2-7-15(16)23-19(25)12-9-10-17(22-11-12)24-18-13(20)5-4-6-14(18)21/h2-11H,1H3,(H,22,24)(H,23,25). The maximum atomic E-state index is 12.4. The average Bonchev–Trinajstić information content (AvgIpc) is 2.66. The largest absolute Gasteiger partial charge is 0.495 e. The molecule has 1 heterocycles. The first kappa shape index (κ1) is 18.0. The maximum Gasteiger partial charge on any atom is 0.257 e. The highest BCUT2D eigenvalue weighted by atomic mass is 35.5. The first-order valence-corrected chi connectivity index (χ1v) is 8.45. The van der Waals surface area contributed by atoms with E-state index in [-0.39, 0.29) is 5.91 Å². The van der Waals surface area contributed by atoms with Gasteiger partial charge in [-0.3, -0.25) is 4.79 Å². The van der Waals surface area contributed by atoms with Crippen LogP contribution in [0.2, 0.25) is 10.0 Å². The summed E-state index contributed by atoms with van der Waals surface area (Å²) in [4.78, 5) is 16.6. The minimum absolute atomic E-state index is 0.288. The molecule has 2 aromatic carbocycles. The lowest BCUT2D eigenvalue weighted by atomic mass is 10.2. The van der Waals surface area contributed by atoms with Gasteiger partial charge in [-0.15, -0.1) is 0 Å². The van der Waals surface area contributed by atoms with Gasteiger partial charge in [-0.25, -0.2) is 4.98 Å². The van der Waals surface area contributed by atoms with E-state index >= 15 is 0 Å². The Morgan fingerprint density at radius 3 is 2.38 bits per heavy atom. The summed E-state index contributed by atoms with van der Waals surface area (Å²) in [6.45, 7) is 0. The van der Waals surface area contributed by atoms with Crippen LogP contribution in [0.25, 0.3) is 0 Å². The number of nitrogens with zero attached hydrogens (tertiary/aromatic N) is 1. The highest BCUT2D eigenvalue weighted by Crippen LogP contribution is 2.32. The number of carbonyl (C=O) groups excluding carboxylic acids is 1. The van der Waals surface area contributed by atoms with Crippen molar-refractivity contribution >= 4 is 46.3 Å². The van der Waals surface area contributed by atoms with E-state index in [9.17, 15) is 4.79 Å². The molecule has 132 valence electrons. The average molecular weight is 388 g/mol. The molecule has 26 heavy (non-hydrogen) atoms. The zero-order chi connectivity index (χ0) is 18.5. The molecule has 0 aliphatic heterocycles. The summed E-state index contributed by atoms with van der Waals surface area (Å²) >= 11 is 12.3. The molecular weight excluding hydrogens is 373 g/mol. The van der Waals surface area contributed by atoms with Crippen molar-refractivity contribution in [1.82, 2.24) is 4.98 Å². The summed E-state index contributed by atoms with van der Waals surface area (Å²) in [5.74, 6) is 0.818. The van der Waals surface area contributed by atoms with Gasteiger partial charge in [0.1, 0.15) is 11.6 Å². The number of amides is 1. The van der Waals surface area contributed by atoms with Crippen LogP contribution in [0.1, 0.15) is 10.4 Å². The van der Waals surface area contributed by atoms with Crippen LogP contribution in [0.3, 0.4) is 0 Å². The topological polar surface area (TPSA) is 63.2 Å². The summed E-state index contributed by atoms with van der Waals surface area (Å²) in [7, 11) is 1.55. The Morgan fingerprint density at radius 2 is 1.73 bits per heavy atom. The molecule has 2 N–H and O–H groups in total. The molecule has 0 saturated heterocycles. The third-order valence-corrected chi connectivity index (χ3v) is 4.23. The second kappa shape index (κ2) is 8.08. The molecule has 7 heteroatoms. The predicted octanol–water partition coefficient (Wildman–Crippen LogP) is 5.39. The van der Waals surface area contributed by atoms with E-state index in [1.165, 1.54) is 6.20 Å². The third-order valence-electron chi connectivity index (χ3n) is 3.60. The van der Waals surface area contributed by atoms with E-state index in [2.05, 4.69) is 15.6 Å². The molecule has 0 fully saturated rings. The summed E-state index contributed by atoms with van der Waals surface area (Å²) in [6.07, 6.45) is 1.47. The van der Waals surface area contributed by atoms with Crippen molar-refractivity contribution in [3.63, 3.8) is 0 Å². The lowest BCUT2D eigenvalue weighted by molar-refractivity contribution is 0.102. The van der Waals surface area contributed by atoms with Crippen LogP contribution in [0.15, 0.2) is 60.8 Å². The number of nitrogens with one attached hydrogen (secondary N) is 2. The molecule has 3 rings (SSSR count). The van der Waals surface area contributed by atoms with Crippen molar-refractivity contribution in [3.8, 4) is 5.75 Å². The lowest BCUT2D eigenvalue weighted by Crippen LogP contribution is -2.13. The van der Waals surface area contributed by atoms with Crippen LogP contribution in [0.5, 0.6) is 5.75 Å². The summed E-state index contributed by atoms with van der Waals surface area (Å²) in [6, 6.07) is 15.7. The highest BCUT2D eigenvalue weighted by molar-refractivity contribution is 6.39. The number of halogens is 2. The van der Waals surface area contributed by atoms with Gasteiger partial charge in [-0.2, -0.15) is 0 Å². The van der Waals surface area contributed by atoms with Crippen LogP contribution >= 0.6 is 23.2 Å². The van der Waals surface area contributed by atoms with Crippen LogP contribution in [-0.2, 0) is 0 Å². The van der Waals surface area contributed by atoms with Crippen LogP contribution in [0.4, 0.5) is 17.2 Å². The van der Waals surface area contributed by atoms with E-state index in [0.29, 0.717) is 38.6 Å². The molecule has 0 bridgehead atoms. The summed E-state index contributed by atoms with van der Waals surface area (Å²) in [5.41, 5.74) is 1.56. The zero-order valence-electron chi connectivity index (χ0n) is 13.8. The van der Waals surface area contributed by atoms with Gasteiger partial charge in [0.25, 0.3) is 5.91 Å². The molecule has 0 spiro atoms. The van der Waals surface area contributed by atoms with Crippen LogP contribution in [0, 0.1) is 0 Å². The number of carbonyl (C=O) groups is 1. The molecule has 0 radical (unpaired) electrons. The van der Waals surface area contributed by atoms with Gasteiger partial charge in [0.05, 0.1) is 34.1 Å². The van der Waals surface area contributed by atoms with Crippen LogP contribution < -0.4 is 15.4 Å². The number of rotatable bonds is 5. The zero-order valence-corrected chi connectivity index (χ0v) is 15.3. The SMILES string of the molecule is COc1ccccc1NC(=O)c1ccc(Nc2c(Cl)cccc2Cl)nc1. The van der Waals surface area contributed by atoms with Gasteiger partial charge < -0.3 is 15.4 Å². The van der Waals surface area contributed by atoms with Crippen molar-refractivity contribution in [2.75, 3.05) is 17.7 Å². The van der Waals surface area contributed by atoms with E-state index in [1.807, 2.05) is 12.1 Å². The lowest BCUT2D eigenvalue weighted by Gasteiger charge is -2.11. The second-order valence-corrected chi connectivity index (χ2v) is 6.12. The molecule has 0 aliphatic rings. The Labute approximate surface area is 160 Å². The van der Waals surface area contributed by atoms with Gasteiger partial charge >= 0.3 is 0 Å². The molecule has 3 aromatic rings. The van der Waals surface area contributed by atoms with E-state index in [0.717, 1.165) is 0 Å². The van der Waals surface area contributed by atoms with Gasteiger partial charge in [0.15, 0.2) is 0 Å². The summed E-state index contributed by atoms with van der Waals surface area (Å²) < 4.78 is 5.22. The van der Waals surface area contributed by atoms with E-state index in [1.54, 1.807) is 49.6 Å². The number of hydrogen-bond donors (Lipinski definition) is 2. The predicted molar refractivity (Wildman–Crippen MR) is 105 cm³/mol. The second-order valence-electron chi connectivity index (χ2n) is 5.31. The smallest absolute Gasteiger partial charge is 0.257 e. The number of ether oxygens (including phenoxy) is 1. The minimum Gasteiger partial charge on any atom is -0.495 e. The van der Waals surface area contributed by atoms with Crippen LogP contribution in [-0.4, -0.2) is 18.0 Å². The van der Waals surface area contributed by atoms with Crippen molar-refractivity contribution in [3.05, 3.63) is 76.4 Å². The fourth-order valence-electron chi connectivity index (χ4n) is 2.29. The fraction of sp³-hybridized carbons (Fsp3) is 0.0526. The molecule has 1 aromatic heterocycles. The van der Waals surface area contributed by atoms with Crippen molar-refractivity contribution < 1.29 is 9.53 Å². The van der Waals surface area contributed by atoms with Crippen molar-refractivity contribution in [1.29, 1.82) is 0 Å². The van der Waals surface area contributed by atoms with Gasteiger partial charge in [0, 0.05) is 6.20 Å². The van der Waals surface area contributed by atoms with Crippen molar-refractivity contribution in [2.45, 2.75) is 0 Å². The molecule has 0 atom stereocenters. The molecule has 1 amide bonds. The monoisotopic (exact) mass is 387 g/mol. The molecule has 0 aliphatic carbocycles. The highest BCUT2D eigenvalue weighted by Gasteiger charge is 2.11. The normalized spacial score (nSPS) is 10.3. The Bertz CT molecular complexity index is 910. The van der Waals surface area contributed by atoms with E-state index < -0.39 is 0 Å². The number of para-hydroxylation sites is 3. The number of benzene rings is 2. The van der Waals surface area contributed by atoms with Gasteiger partial charge in [-0.1, -0.05) is 41.4 Å². The first-order valence-electron chi connectivity index (χ1n) is 7.70. The Morgan fingerprint density at radius 1 is 1.00 bits per heavy atom. The molecule has 0 saturated carbocycles. The van der Waals surface area contributed by atoms with Gasteiger partial charge in [-0.05, 0) is 36.4 Å². The fourth-order valence-corrected chi connectivity index (χ4v) is 2.78. The Kier molecular flexibility index (Phi) is 5.61. The number of methoxy groups -OCH3 is 1. The number of pyridine rings is 1. The maximum absolute atomic E-state index is 12.4. The molecule has 5 nitrogen and oxygen atoms in total. The third kappa shape index (κ3) is 4.07. The number of anilines is 3. The van der Waals surface area contributed by atoms with E-state index in [4.69, 9.17) is 27.9 Å². The van der Waals surface area contributed by atoms with Crippen molar-refractivity contribution in [2.24, 2.45) is 0 Å². The summed E-state index contributed by atoms with van der Waals surface area (Å²) in [5, 5.41) is 6.81. The number of aromatic nitrogens is 1. The first-order chi connectivity index (χ1) is 12.6. The molecule has 0 unspecified atom stereocenters. The number of hydrogen-bond acceptors (Lipinski definition) is 4. The van der Waals surface area contributed by atoms with Gasteiger partial charge in [0.2, 0.25) is 0 Å². The minimum atomic E-state index is -0.288. The quantitative estimate of drug-likeness (QED) is 0.615. The Balaban J connectivity index is 1.74. The Hall–Kier alpha value is -2.76. The molecular formula is C19H15Cl2N3O2.